The number of hydrogen-bond acceptors (Lipinski definition) is 5. The largest absolute Gasteiger partial charge is 0.494 e. The van der Waals surface area contributed by atoms with E-state index in [9.17, 15) is 0 Å². The molecule has 222 valence electrons. The quantitative estimate of drug-likeness (QED) is 0.199. The molecule has 0 radical (unpaired) electrons. The Hall–Kier alpha value is -4.45. The highest BCUT2D eigenvalue weighted by Crippen LogP contribution is 2.51. The number of nitrogens with zero attached hydrogens (tertiary/aromatic N) is 2. The van der Waals surface area contributed by atoms with Gasteiger partial charge in [0.15, 0.2) is 11.5 Å². The second-order valence-electron chi connectivity index (χ2n) is 13.4. The number of para-hydroxylation sites is 3. The number of anilines is 5. The molecule has 0 spiro atoms. The lowest BCUT2D eigenvalue weighted by Crippen LogP contribution is -2.48. The molecule has 0 aromatic heterocycles. The summed E-state index contributed by atoms with van der Waals surface area (Å²) in [6, 6.07) is 38.8. The topological polar surface area (TPSA) is 34.2 Å². The van der Waals surface area contributed by atoms with Crippen LogP contribution in [0.2, 0.25) is 6.82 Å². The summed E-state index contributed by atoms with van der Waals surface area (Å²) >= 11 is 0. The van der Waals surface area contributed by atoms with Gasteiger partial charge in [0, 0.05) is 24.1 Å². The summed E-state index contributed by atoms with van der Waals surface area (Å²) in [7, 11) is 1.76. The molecule has 0 atom stereocenters. The van der Waals surface area contributed by atoms with Crippen molar-refractivity contribution in [1.29, 1.82) is 0 Å². The minimum Gasteiger partial charge on any atom is -0.453 e. The van der Waals surface area contributed by atoms with Gasteiger partial charge in [-0.2, -0.15) is 0 Å². The van der Waals surface area contributed by atoms with Gasteiger partial charge in [-0.05, 0) is 92.8 Å². The van der Waals surface area contributed by atoms with Crippen molar-refractivity contribution in [1.82, 2.24) is 0 Å². The highest BCUT2D eigenvalue weighted by molar-refractivity contribution is 6.87. The van der Waals surface area contributed by atoms with E-state index in [1.807, 2.05) is 12.1 Å². The van der Waals surface area contributed by atoms with Gasteiger partial charge in [0.05, 0.1) is 22.6 Å². The molecule has 0 bridgehead atoms. The SMILES string of the molecule is CB1c2ccccc2N(C)c2cc(-c3ccc4c(c3)N(c3ccc(B5OC(C)(C)C(C)(C)O5)cc3)c3ccccc3O4)ccc21. The van der Waals surface area contributed by atoms with Crippen molar-refractivity contribution in [3.63, 3.8) is 0 Å². The first kappa shape index (κ1) is 28.1. The van der Waals surface area contributed by atoms with Crippen molar-refractivity contribution in [2.75, 3.05) is 16.8 Å². The Kier molecular flexibility index (Phi) is 6.25. The van der Waals surface area contributed by atoms with Gasteiger partial charge in [0.2, 0.25) is 6.71 Å². The fourth-order valence-electron chi connectivity index (χ4n) is 6.81. The summed E-state index contributed by atoms with van der Waals surface area (Å²) in [6.07, 6.45) is 0. The molecule has 0 saturated carbocycles. The number of fused-ring (bicyclic) bond motifs is 4. The molecular weight excluding hydrogens is 554 g/mol. The maximum Gasteiger partial charge on any atom is 0.494 e. The van der Waals surface area contributed by atoms with Crippen LogP contribution in [0.25, 0.3) is 11.1 Å². The molecule has 0 N–H and O–H groups in total. The van der Waals surface area contributed by atoms with Crippen molar-refractivity contribution < 1.29 is 14.0 Å². The molecule has 5 nitrogen and oxygen atoms in total. The number of hydrogen-bond donors (Lipinski definition) is 0. The first-order chi connectivity index (χ1) is 21.6. The Morgan fingerprint density at radius 2 is 1.16 bits per heavy atom. The molecule has 45 heavy (non-hydrogen) atoms. The summed E-state index contributed by atoms with van der Waals surface area (Å²) in [4.78, 5) is 4.61. The van der Waals surface area contributed by atoms with Gasteiger partial charge >= 0.3 is 7.12 Å². The second kappa shape index (κ2) is 10.0. The van der Waals surface area contributed by atoms with Crippen molar-refractivity contribution >= 4 is 58.7 Å². The van der Waals surface area contributed by atoms with E-state index < -0.39 is 7.12 Å². The van der Waals surface area contributed by atoms with Crippen LogP contribution in [0.1, 0.15) is 27.7 Å². The zero-order valence-corrected chi connectivity index (χ0v) is 26.7. The van der Waals surface area contributed by atoms with Crippen molar-refractivity contribution in [3.05, 3.63) is 109 Å². The van der Waals surface area contributed by atoms with E-state index in [1.165, 1.54) is 27.9 Å². The molecule has 0 unspecified atom stereocenters. The Morgan fingerprint density at radius 1 is 0.578 bits per heavy atom. The van der Waals surface area contributed by atoms with Crippen LogP contribution in [0.4, 0.5) is 28.4 Å². The molecule has 7 heteroatoms. The molecule has 3 heterocycles. The lowest BCUT2D eigenvalue weighted by molar-refractivity contribution is 0.00578. The molecule has 5 aromatic carbocycles. The summed E-state index contributed by atoms with van der Waals surface area (Å²) in [5.74, 6) is 1.65. The summed E-state index contributed by atoms with van der Waals surface area (Å²) in [5, 5.41) is 0. The molecule has 0 amide bonds. The molecule has 5 aromatic rings. The van der Waals surface area contributed by atoms with E-state index in [0.717, 1.165) is 39.6 Å². The first-order valence-electron chi connectivity index (χ1n) is 15.7. The Morgan fingerprint density at radius 3 is 1.89 bits per heavy atom. The summed E-state index contributed by atoms with van der Waals surface area (Å²) in [6.45, 7) is 11.0. The van der Waals surface area contributed by atoms with Gasteiger partial charge in [0.25, 0.3) is 0 Å². The molecule has 3 aliphatic heterocycles. The fraction of sp³-hybridized carbons (Fsp3) is 0.211. The number of ether oxygens (including phenoxy) is 1. The molecule has 0 aliphatic carbocycles. The lowest BCUT2D eigenvalue weighted by Gasteiger charge is -2.34. The van der Waals surface area contributed by atoms with Crippen LogP contribution in [0.5, 0.6) is 11.5 Å². The van der Waals surface area contributed by atoms with Crippen molar-refractivity contribution in [2.45, 2.75) is 45.7 Å². The maximum absolute atomic E-state index is 6.44. The zero-order valence-electron chi connectivity index (χ0n) is 26.7. The molecular formula is C38H36B2N2O3. The minimum atomic E-state index is -0.406. The zero-order chi connectivity index (χ0) is 31.1. The third-order valence-corrected chi connectivity index (χ3v) is 10.2. The highest BCUT2D eigenvalue weighted by Gasteiger charge is 2.51. The molecule has 1 saturated heterocycles. The highest BCUT2D eigenvalue weighted by atomic mass is 16.7. The van der Waals surface area contributed by atoms with Gasteiger partial charge in [0.1, 0.15) is 0 Å². The number of benzene rings is 5. The standard InChI is InChI=1S/C38H36B2N2O3/c1-37(2)38(3,4)45-40(44-37)27-17-19-28(20-18-27)42-32-13-9-10-14-35(32)43-36-22-16-26(24-34(36)42)25-15-21-30-33(23-25)41(6)31-12-8-7-11-29(31)39(30)5/h7-24H,1-6H3. The monoisotopic (exact) mass is 590 g/mol. The van der Waals surface area contributed by atoms with E-state index in [-0.39, 0.29) is 11.2 Å². The summed E-state index contributed by atoms with van der Waals surface area (Å²) < 4.78 is 19.1. The van der Waals surface area contributed by atoms with Crippen molar-refractivity contribution in [3.8, 4) is 22.6 Å². The normalized spacial score (nSPS) is 17.3. The van der Waals surface area contributed by atoms with Gasteiger partial charge in [-0.3, -0.25) is 0 Å². The van der Waals surface area contributed by atoms with Crippen LogP contribution in [0.15, 0.2) is 109 Å². The first-order valence-corrected chi connectivity index (χ1v) is 15.7. The minimum absolute atomic E-state index is 0.338. The molecule has 1 fully saturated rings. The fourth-order valence-corrected chi connectivity index (χ4v) is 6.81. The van der Waals surface area contributed by atoms with E-state index in [1.54, 1.807) is 0 Å². The van der Waals surface area contributed by atoms with Crippen LogP contribution in [0, 0.1) is 0 Å². The van der Waals surface area contributed by atoms with E-state index in [0.29, 0.717) is 6.71 Å². The summed E-state index contributed by atoms with van der Waals surface area (Å²) in [5.41, 5.74) is 10.8. The maximum atomic E-state index is 6.44. The molecule has 8 rings (SSSR count). The van der Waals surface area contributed by atoms with Gasteiger partial charge in [-0.15, -0.1) is 0 Å². The Labute approximate surface area is 266 Å². The Balaban J connectivity index is 1.18. The predicted molar refractivity (Wildman–Crippen MR) is 188 cm³/mol. The number of rotatable bonds is 3. The van der Waals surface area contributed by atoms with E-state index in [2.05, 4.69) is 148 Å². The Bertz CT molecular complexity index is 1940. The smallest absolute Gasteiger partial charge is 0.453 e. The third kappa shape index (κ3) is 4.40. The average molecular weight is 590 g/mol. The molecule has 3 aliphatic rings. The van der Waals surface area contributed by atoms with E-state index in [4.69, 9.17) is 14.0 Å². The van der Waals surface area contributed by atoms with Gasteiger partial charge < -0.3 is 23.8 Å². The van der Waals surface area contributed by atoms with Crippen molar-refractivity contribution in [2.24, 2.45) is 0 Å². The second-order valence-corrected chi connectivity index (χ2v) is 13.4. The lowest BCUT2D eigenvalue weighted by atomic mass is 9.40. The predicted octanol–water partition coefficient (Wildman–Crippen LogP) is 7.55. The van der Waals surface area contributed by atoms with Crippen LogP contribution in [-0.4, -0.2) is 32.1 Å². The van der Waals surface area contributed by atoms with Gasteiger partial charge in [-0.25, -0.2) is 0 Å². The van der Waals surface area contributed by atoms with E-state index >= 15 is 0 Å². The van der Waals surface area contributed by atoms with Crippen LogP contribution >= 0.6 is 0 Å². The van der Waals surface area contributed by atoms with Gasteiger partial charge in [-0.1, -0.05) is 78.4 Å². The van der Waals surface area contributed by atoms with Crippen LogP contribution < -0.4 is 30.9 Å². The third-order valence-electron chi connectivity index (χ3n) is 10.2. The van der Waals surface area contributed by atoms with Crippen LogP contribution in [0.3, 0.4) is 0 Å². The van der Waals surface area contributed by atoms with Crippen LogP contribution in [-0.2, 0) is 9.31 Å². The average Bonchev–Trinajstić information content (AvgIpc) is 3.28.